The van der Waals surface area contributed by atoms with Crippen molar-refractivity contribution in [3.05, 3.63) is 65.0 Å². The van der Waals surface area contributed by atoms with E-state index < -0.39 is 34.9 Å². The Morgan fingerprint density at radius 2 is 1.50 bits per heavy atom. The SMILES string of the molecule is CCCCCC1CCC(c2ccc(C(F)(F)Oc3cc(F)c(F)c(F)c3)cc2)CC1. The van der Waals surface area contributed by atoms with Crippen LogP contribution in [0, 0.1) is 23.4 Å². The minimum atomic E-state index is -3.80. The second-order valence-corrected chi connectivity index (χ2v) is 8.16. The average molecular weight is 426 g/mol. The second kappa shape index (κ2) is 9.80. The van der Waals surface area contributed by atoms with Crippen LogP contribution in [-0.4, -0.2) is 0 Å². The predicted molar refractivity (Wildman–Crippen MR) is 106 cm³/mol. The zero-order valence-corrected chi connectivity index (χ0v) is 17.1. The summed E-state index contributed by atoms with van der Waals surface area (Å²) < 4.78 is 72.8. The van der Waals surface area contributed by atoms with Crippen molar-refractivity contribution >= 4 is 0 Å². The van der Waals surface area contributed by atoms with E-state index in [4.69, 9.17) is 0 Å². The minimum Gasteiger partial charge on any atom is -0.429 e. The van der Waals surface area contributed by atoms with E-state index in [1.807, 2.05) is 0 Å². The third-order valence-corrected chi connectivity index (χ3v) is 5.98. The summed E-state index contributed by atoms with van der Waals surface area (Å²) in [5.74, 6) is -4.54. The van der Waals surface area contributed by atoms with Gasteiger partial charge in [0.05, 0.1) is 5.56 Å². The van der Waals surface area contributed by atoms with E-state index in [9.17, 15) is 22.0 Å². The Morgan fingerprint density at radius 1 is 0.900 bits per heavy atom. The fraction of sp³-hybridized carbons (Fsp3) is 0.500. The normalized spacial score (nSPS) is 19.7. The first-order valence-corrected chi connectivity index (χ1v) is 10.6. The molecule has 1 fully saturated rings. The molecule has 0 spiro atoms. The molecule has 30 heavy (non-hydrogen) atoms. The molecule has 0 N–H and O–H groups in total. The molecular formula is C24H27F5O. The van der Waals surface area contributed by atoms with Gasteiger partial charge in [0.15, 0.2) is 17.5 Å². The van der Waals surface area contributed by atoms with Gasteiger partial charge >= 0.3 is 6.11 Å². The van der Waals surface area contributed by atoms with Crippen LogP contribution in [0.1, 0.15) is 75.3 Å². The summed E-state index contributed by atoms with van der Waals surface area (Å²) in [6, 6.07) is 6.69. The molecule has 164 valence electrons. The van der Waals surface area contributed by atoms with Gasteiger partial charge in [-0.25, -0.2) is 13.2 Å². The number of ether oxygens (including phenoxy) is 1. The summed E-state index contributed by atoms with van der Waals surface area (Å²) in [4.78, 5) is 0. The first-order chi connectivity index (χ1) is 14.3. The quantitative estimate of drug-likeness (QED) is 0.235. The Morgan fingerprint density at radius 3 is 2.07 bits per heavy atom. The number of hydrogen-bond acceptors (Lipinski definition) is 1. The summed E-state index contributed by atoms with van der Waals surface area (Å²) >= 11 is 0. The summed E-state index contributed by atoms with van der Waals surface area (Å²) in [5, 5.41) is 0. The van der Waals surface area contributed by atoms with Gasteiger partial charge in [-0.1, -0.05) is 44.7 Å². The van der Waals surface area contributed by atoms with Gasteiger partial charge in [-0.2, -0.15) is 8.78 Å². The van der Waals surface area contributed by atoms with Gasteiger partial charge in [-0.05, 0) is 55.2 Å². The molecule has 0 saturated heterocycles. The predicted octanol–water partition coefficient (Wildman–Crippen LogP) is 8.09. The molecule has 0 heterocycles. The molecule has 0 aliphatic heterocycles. The van der Waals surface area contributed by atoms with Crippen molar-refractivity contribution in [3.63, 3.8) is 0 Å². The Kier molecular flexibility index (Phi) is 7.37. The highest BCUT2D eigenvalue weighted by atomic mass is 19.3. The standard InChI is InChI=1S/C24H27F5O/c1-2-3-4-5-16-6-8-17(9-7-16)18-10-12-19(13-11-18)24(28,29)30-20-14-21(25)23(27)22(26)15-20/h10-17H,2-9H2,1H3. The van der Waals surface area contributed by atoms with Crippen LogP contribution in [-0.2, 0) is 6.11 Å². The highest BCUT2D eigenvalue weighted by molar-refractivity contribution is 5.30. The van der Waals surface area contributed by atoms with E-state index in [-0.39, 0.29) is 0 Å². The lowest BCUT2D eigenvalue weighted by Gasteiger charge is -2.29. The van der Waals surface area contributed by atoms with Crippen molar-refractivity contribution in [1.82, 2.24) is 0 Å². The van der Waals surface area contributed by atoms with Crippen molar-refractivity contribution in [2.75, 3.05) is 0 Å². The van der Waals surface area contributed by atoms with Crippen molar-refractivity contribution in [1.29, 1.82) is 0 Å². The summed E-state index contributed by atoms with van der Waals surface area (Å²) in [5.41, 5.74) is 0.588. The highest BCUT2D eigenvalue weighted by Gasteiger charge is 2.35. The third-order valence-electron chi connectivity index (χ3n) is 5.98. The number of hydrogen-bond donors (Lipinski definition) is 0. The van der Waals surface area contributed by atoms with Crippen LogP contribution in [0.2, 0.25) is 0 Å². The van der Waals surface area contributed by atoms with Crippen molar-refractivity contribution in [2.45, 2.75) is 70.3 Å². The Bertz CT molecular complexity index is 803. The minimum absolute atomic E-state index is 0.358. The largest absolute Gasteiger partial charge is 0.429 e. The molecule has 2 aromatic carbocycles. The molecule has 0 unspecified atom stereocenters. The van der Waals surface area contributed by atoms with Gasteiger partial charge in [0.2, 0.25) is 0 Å². The Hall–Kier alpha value is -2.11. The molecule has 1 nitrogen and oxygen atoms in total. The van der Waals surface area contributed by atoms with Crippen molar-refractivity contribution < 1.29 is 26.7 Å². The fourth-order valence-corrected chi connectivity index (χ4v) is 4.21. The van der Waals surface area contributed by atoms with E-state index in [1.165, 1.54) is 37.8 Å². The highest BCUT2D eigenvalue weighted by Crippen LogP contribution is 2.39. The molecule has 0 bridgehead atoms. The fourth-order valence-electron chi connectivity index (χ4n) is 4.21. The number of benzene rings is 2. The number of unbranched alkanes of at least 4 members (excludes halogenated alkanes) is 2. The number of halogens is 5. The Labute approximate surface area is 174 Å². The van der Waals surface area contributed by atoms with Gasteiger partial charge < -0.3 is 4.74 Å². The van der Waals surface area contributed by atoms with E-state index in [2.05, 4.69) is 11.7 Å². The Balaban J connectivity index is 1.61. The van der Waals surface area contributed by atoms with Crippen LogP contribution in [0.3, 0.4) is 0 Å². The monoisotopic (exact) mass is 426 g/mol. The maximum atomic E-state index is 14.4. The van der Waals surface area contributed by atoms with Crippen LogP contribution in [0.15, 0.2) is 36.4 Å². The molecule has 1 aliphatic carbocycles. The van der Waals surface area contributed by atoms with E-state index in [0.717, 1.165) is 37.2 Å². The van der Waals surface area contributed by atoms with Gasteiger partial charge in [-0.3, -0.25) is 0 Å². The molecule has 3 rings (SSSR count). The molecule has 0 amide bonds. The smallest absolute Gasteiger partial charge is 0.426 e. The lowest BCUT2D eigenvalue weighted by molar-refractivity contribution is -0.185. The van der Waals surface area contributed by atoms with E-state index in [0.29, 0.717) is 18.1 Å². The van der Waals surface area contributed by atoms with Crippen LogP contribution >= 0.6 is 0 Å². The lowest BCUT2D eigenvalue weighted by atomic mass is 9.77. The maximum absolute atomic E-state index is 14.4. The summed E-state index contributed by atoms with van der Waals surface area (Å²) in [6.07, 6.45) is 5.68. The van der Waals surface area contributed by atoms with Gasteiger partial charge in [0, 0.05) is 12.1 Å². The molecule has 1 saturated carbocycles. The van der Waals surface area contributed by atoms with Crippen LogP contribution in [0.4, 0.5) is 22.0 Å². The molecule has 1 aliphatic rings. The van der Waals surface area contributed by atoms with Gasteiger partial charge in [-0.15, -0.1) is 0 Å². The van der Waals surface area contributed by atoms with Crippen LogP contribution < -0.4 is 4.74 Å². The molecule has 2 aromatic rings. The van der Waals surface area contributed by atoms with Crippen LogP contribution in [0.5, 0.6) is 5.75 Å². The van der Waals surface area contributed by atoms with E-state index >= 15 is 0 Å². The molecule has 6 heteroatoms. The topological polar surface area (TPSA) is 9.23 Å². The molecular weight excluding hydrogens is 399 g/mol. The molecule has 0 aromatic heterocycles. The second-order valence-electron chi connectivity index (χ2n) is 8.16. The first-order valence-electron chi connectivity index (χ1n) is 10.6. The average Bonchev–Trinajstić information content (AvgIpc) is 2.72. The van der Waals surface area contributed by atoms with Crippen molar-refractivity contribution in [2.24, 2.45) is 5.92 Å². The summed E-state index contributed by atoms with van der Waals surface area (Å²) in [6.45, 7) is 2.20. The zero-order valence-electron chi connectivity index (χ0n) is 17.1. The van der Waals surface area contributed by atoms with E-state index in [1.54, 1.807) is 12.1 Å². The molecule has 0 radical (unpaired) electrons. The first kappa shape index (κ1) is 22.6. The molecule has 0 atom stereocenters. The number of rotatable bonds is 8. The van der Waals surface area contributed by atoms with Gasteiger partial charge in [0.1, 0.15) is 5.75 Å². The third kappa shape index (κ3) is 5.52. The number of alkyl halides is 2. The zero-order chi connectivity index (χ0) is 21.7. The lowest BCUT2D eigenvalue weighted by Crippen LogP contribution is -2.22. The maximum Gasteiger partial charge on any atom is 0.426 e. The van der Waals surface area contributed by atoms with Gasteiger partial charge in [0.25, 0.3) is 0 Å². The van der Waals surface area contributed by atoms with Crippen LogP contribution in [0.25, 0.3) is 0 Å². The van der Waals surface area contributed by atoms with Crippen molar-refractivity contribution in [3.8, 4) is 5.75 Å². The summed E-state index contributed by atoms with van der Waals surface area (Å²) in [7, 11) is 0.